The van der Waals surface area contributed by atoms with Crippen molar-refractivity contribution in [2.24, 2.45) is 5.73 Å². The normalized spacial score (nSPS) is 13.3. The van der Waals surface area contributed by atoms with Crippen LogP contribution in [0, 0.1) is 6.92 Å². The van der Waals surface area contributed by atoms with Crippen LogP contribution in [0.25, 0.3) is 0 Å². The lowest BCUT2D eigenvalue weighted by Crippen LogP contribution is -2.18. The van der Waals surface area contributed by atoms with E-state index in [0.717, 1.165) is 11.1 Å². The summed E-state index contributed by atoms with van der Waals surface area (Å²) in [6.45, 7) is 1.92. The first kappa shape index (κ1) is 13.9. The molecule has 2 aromatic rings. The molecule has 0 bridgehead atoms. The number of nitrogens with two attached hydrogens (primary N) is 1. The maximum absolute atomic E-state index is 12.2. The highest BCUT2D eigenvalue weighted by Crippen LogP contribution is 2.29. The van der Waals surface area contributed by atoms with Crippen molar-refractivity contribution in [3.63, 3.8) is 0 Å². The minimum Gasteiger partial charge on any atom is -0.406 e. The lowest BCUT2D eigenvalue weighted by molar-refractivity contribution is -0.274. The fourth-order valence-electron chi connectivity index (χ4n) is 1.77. The van der Waals surface area contributed by atoms with Gasteiger partial charge in [0, 0.05) is 0 Å². The van der Waals surface area contributed by atoms with Crippen molar-refractivity contribution >= 4 is 11.3 Å². The molecule has 0 radical (unpaired) electrons. The lowest BCUT2D eigenvalue weighted by atomic mass is 9.99. The van der Waals surface area contributed by atoms with Gasteiger partial charge >= 0.3 is 6.36 Å². The standard InChI is InChI=1S/C13H12F3NOS/c1-8-6-19-7-11(8)12(17)9-3-2-4-10(5-9)18-13(14,15)16/h2-7,12H,17H2,1H3. The Morgan fingerprint density at radius 1 is 1.26 bits per heavy atom. The van der Waals surface area contributed by atoms with E-state index in [1.54, 1.807) is 6.07 Å². The van der Waals surface area contributed by atoms with Gasteiger partial charge in [0.05, 0.1) is 6.04 Å². The molecular weight excluding hydrogens is 275 g/mol. The summed E-state index contributed by atoms with van der Waals surface area (Å²) >= 11 is 1.51. The van der Waals surface area contributed by atoms with E-state index in [1.807, 2.05) is 17.7 Å². The second kappa shape index (κ2) is 5.22. The van der Waals surface area contributed by atoms with Gasteiger partial charge in [0.2, 0.25) is 0 Å². The molecule has 1 aromatic heterocycles. The van der Waals surface area contributed by atoms with E-state index < -0.39 is 12.4 Å². The number of ether oxygens (including phenoxy) is 1. The van der Waals surface area contributed by atoms with E-state index in [0.29, 0.717) is 5.56 Å². The Morgan fingerprint density at radius 2 is 2.00 bits per heavy atom. The molecular formula is C13H12F3NOS. The smallest absolute Gasteiger partial charge is 0.406 e. The third kappa shape index (κ3) is 3.48. The van der Waals surface area contributed by atoms with Crippen LogP contribution in [0.15, 0.2) is 35.0 Å². The Balaban J connectivity index is 2.26. The highest BCUT2D eigenvalue weighted by molar-refractivity contribution is 7.08. The van der Waals surface area contributed by atoms with E-state index in [9.17, 15) is 13.2 Å². The fraction of sp³-hybridized carbons (Fsp3) is 0.231. The molecule has 0 amide bonds. The molecule has 1 heterocycles. The molecule has 102 valence electrons. The first-order valence-electron chi connectivity index (χ1n) is 5.51. The maximum atomic E-state index is 12.2. The van der Waals surface area contributed by atoms with Crippen LogP contribution in [-0.4, -0.2) is 6.36 Å². The van der Waals surface area contributed by atoms with E-state index in [-0.39, 0.29) is 5.75 Å². The molecule has 19 heavy (non-hydrogen) atoms. The predicted octanol–water partition coefficient (Wildman–Crippen LogP) is 4.00. The largest absolute Gasteiger partial charge is 0.573 e. The molecule has 1 unspecified atom stereocenters. The summed E-state index contributed by atoms with van der Waals surface area (Å²) in [6, 6.07) is 5.30. The third-order valence-corrected chi connectivity index (χ3v) is 3.56. The second-order valence-electron chi connectivity index (χ2n) is 4.11. The van der Waals surface area contributed by atoms with E-state index >= 15 is 0 Å². The highest BCUT2D eigenvalue weighted by Gasteiger charge is 2.31. The molecule has 2 nitrogen and oxygen atoms in total. The van der Waals surface area contributed by atoms with Gasteiger partial charge in [0.15, 0.2) is 0 Å². The summed E-state index contributed by atoms with van der Waals surface area (Å²) in [5, 5.41) is 3.85. The molecule has 0 saturated carbocycles. The molecule has 2 N–H and O–H groups in total. The zero-order valence-electron chi connectivity index (χ0n) is 10.1. The fourth-order valence-corrected chi connectivity index (χ4v) is 2.66. The summed E-state index contributed by atoms with van der Waals surface area (Å²) in [5.41, 5.74) is 8.59. The average molecular weight is 287 g/mol. The number of hydrogen-bond donors (Lipinski definition) is 1. The number of hydrogen-bond acceptors (Lipinski definition) is 3. The van der Waals surface area contributed by atoms with Gasteiger partial charge in [0.25, 0.3) is 0 Å². The highest BCUT2D eigenvalue weighted by atomic mass is 32.1. The van der Waals surface area contributed by atoms with Crippen molar-refractivity contribution in [1.29, 1.82) is 0 Å². The summed E-state index contributed by atoms with van der Waals surface area (Å²) < 4.78 is 40.4. The quantitative estimate of drug-likeness (QED) is 0.926. The molecule has 0 aliphatic rings. The Morgan fingerprint density at radius 3 is 2.58 bits per heavy atom. The van der Waals surface area contributed by atoms with Gasteiger partial charge in [-0.15, -0.1) is 13.2 Å². The first-order valence-corrected chi connectivity index (χ1v) is 6.45. The minimum absolute atomic E-state index is 0.256. The Bertz CT molecular complexity index is 565. The van der Waals surface area contributed by atoms with Crippen LogP contribution in [-0.2, 0) is 0 Å². The van der Waals surface area contributed by atoms with Gasteiger partial charge in [-0.2, -0.15) is 11.3 Å². The molecule has 0 aliphatic carbocycles. The van der Waals surface area contributed by atoms with Crippen LogP contribution < -0.4 is 10.5 Å². The average Bonchev–Trinajstić information content (AvgIpc) is 2.72. The molecule has 6 heteroatoms. The maximum Gasteiger partial charge on any atom is 0.573 e. The predicted molar refractivity (Wildman–Crippen MR) is 68.2 cm³/mol. The van der Waals surface area contributed by atoms with Gasteiger partial charge in [-0.3, -0.25) is 0 Å². The molecule has 0 fully saturated rings. The summed E-state index contributed by atoms with van der Waals surface area (Å²) in [5.74, 6) is -0.256. The Hall–Kier alpha value is -1.53. The van der Waals surface area contributed by atoms with Crippen LogP contribution in [0.3, 0.4) is 0 Å². The van der Waals surface area contributed by atoms with Crippen LogP contribution in [0.4, 0.5) is 13.2 Å². The van der Waals surface area contributed by atoms with Gasteiger partial charge in [-0.1, -0.05) is 12.1 Å². The number of alkyl halides is 3. The molecule has 0 spiro atoms. The van der Waals surface area contributed by atoms with Crippen molar-refractivity contribution in [3.05, 3.63) is 51.7 Å². The molecule has 0 aliphatic heterocycles. The van der Waals surface area contributed by atoms with Crippen LogP contribution in [0.5, 0.6) is 5.75 Å². The molecule has 1 atom stereocenters. The number of rotatable bonds is 3. The Kier molecular flexibility index (Phi) is 3.82. The van der Waals surface area contributed by atoms with Crippen molar-refractivity contribution < 1.29 is 17.9 Å². The van der Waals surface area contributed by atoms with Crippen molar-refractivity contribution in [2.45, 2.75) is 19.3 Å². The minimum atomic E-state index is -4.69. The van der Waals surface area contributed by atoms with Crippen molar-refractivity contribution in [2.75, 3.05) is 0 Å². The Labute approximate surface area is 112 Å². The van der Waals surface area contributed by atoms with Gasteiger partial charge in [0.1, 0.15) is 5.75 Å². The van der Waals surface area contributed by atoms with Gasteiger partial charge < -0.3 is 10.5 Å². The molecule has 1 aromatic carbocycles. The zero-order valence-corrected chi connectivity index (χ0v) is 10.9. The van der Waals surface area contributed by atoms with Gasteiger partial charge in [-0.05, 0) is 46.5 Å². The van der Waals surface area contributed by atoms with Gasteiger partial charge in [-0.25, -0.2) is 0 Å². The van der Waals surface area contributed by atoms with Crippen molar-refractivity contribution in [1.82, 2.24) is 0 Å². The third-order valence-electron chi connectivity index (χ3n) is 2.68. The molecule has 0 saturated heterocycles. The number of halogens is 3. The number of thiophene rings is 1. The van der Waals surface area contributed by atoms with E-state index in [2.05, 4.69) is 4.74 Å². The second-order valence-corrected chi connectivity index (χ2v) is 4.85. The topological polar surface area (TPSA) is 35.2 Å². The molecule has 2 rings (SSSR count). The van der Waals surface area contributed by atoms with Crippen molar-refractivity contribution in [3.8, 4) is 5.75 Å². The number of benzene rings is 1. The monoisotopic (exact) mass is 287 g/mol. The summed E-state index contributed by atoms with van der Waals surface area (Å²) in [4.78, 5) is 0. The lowest BCUT2D eigenvalue weighted by Gasteiger charge is -2.14. The first-order chi connectivity index (χ1) is 8.87. The van der Waals surface area contributed by atoms with Crippen LogP contribution in [0.1, 0.15) is 22.7 Å². The SMILES string of the molecule is Cc1cscc1C(N)c1cccc(OC(F)(F)F)c1. The number of aryl methyl sites for hydroxylation is 1. The summed E-state index contributed by atoms with van der Waals surface area (Å²) in [7, 11) is 0. The zero-order chi connectivity index (χ0) is 14.0. The van der Waals surface area contributed by atoms with Crippen LogP contribution in [0.2, 0.25) is 0 Å². The van der Waals surface area contributed by atoms with E-state index in [1.165, 1.54) is 29.5 Å². The summed E-state index contributed by atoms with van der Waals surface area (Å²) in [6.07, 6.45) is -4.69. The van der Waals surface area contributed by atoms with Crippen LogP contribution >= 0.6 is 11.3 Å². The van der Waals surface area contributed by atoms with E-state index in [4.69, 9.17) is 5.73 Å².